The number of nitrogens with one attached hydrogen (secondary N) is 2. The maximum atomic E-state index is 12.5. The summed E-state index contributed by atoms with van der Waals surface area (Å²) in [5.74, 6) is 0.978. The van der Waals surface area contributed by atoms with Crippen molar-refractivity contribution in [2.45, 2.75) is 6.92 Å². The molecule has 0 aromatic heterocycles. The molecule has 170 valence electrons. The van der Waals surface area contributed by atoms with E-state index in [-0.39, 0.29) is 18.4 Å². The lowest BCUT2D eigenvalue weighted by molar-refractivity contribution is -0.118. The van der Waals surface area contributed by atoms with Crippen molar-refractivity contribution in [1.82, 2.24) is 0 Å². The van der Waals surface area contributed by atoms with Crippen LogP contribution in [0.4, 0.5) is 11.4 Å². The second kappa shape index (κ2) is 11.4. The van der Waals surface area contributed by atoms with Crippen LogP contribution < -0.4 is 24.8 Å². The molecule has 0 radical (unpaired) electrons. The molecule has 0 aliphatic heterocycles. The van der Waals surface area contributed by atoms with E-state index in [2.05, 4.69) is 10.6 Å². The number of hydrogen-bond acceptors (Lipinski definition) is 5. The van der Waals surface area contributed by atoms with Gasteiger partial charge < -0.3 is 24.8 Å². The number of amides is 2. The third kappa shape index (κ3) is 6.36. The SMILES string of the molecule is CC=Cc1ccc(OCC(=O)Nc2ccc(C(=O)Nc3ccccc3OC)cc2)c(OC)c1. The van der Waals surface area contributed by atoms with Gasteiger partial charge in [-0.1, -0.05) is 30.4 Å². The number of ether oxygens (including phenoxy) is 3. The van der Waals surface area contributed by atoms with Crippen LogP contribution in [0.25, 0.3) is 6.08 Å². The predicted molar refractivity (Wildman–Crippen MR) is 129 cm³/mol. The van der Waals surface area contributed by atoms with E-state index >= 15 is 0 Å². The van der Waals surface area contributed by atoms with Gasteiger partial charge in [0, 0.05) is 11.3 Å². The fraction of sp³-hybridized carbons (Fsp3) is 0.154. The van der Waals surface area contributed by atoms with Crippen LogP contribution in [0.5, 0.6) is 17.2 Å². The highest BCUT2D eigenvalue weighted by molar-refractivity contribution is 6.05. The van der Waals surface area contributed by atoms with Gasteiger partial charge in [0.25, 0.3) is 11.8 Å². The first-order chi connectivity index (χ1) is 16.0. The van der Waals surface area contributed by atoms with Crippen LogP contribution >= 0.6 is 0 Å². The van der Waals surface area contributed by atoms with Gasteiger partial charge >= 0.3 is 0 Å². The Hall–Kier alpha value is -4.26. The quantitative estimate of drug-likeness (QED) is 0.483. The second-order valence-electron chi connectivity index (χ2n) is 6.98. The molecule has 2 amide bonds. The highest BCUT2D eigenvalue weighted by atomic mass is 16.5. The number of rotatable bonds is 9. The lowest BCUT2D eigenvalue weighted by Gasteiger charge is -2.12. The van der Waals surface area contributed by atoms with Crippen LogP contribution in [0.2, 0.25) is 0 Å². The molecule has 0 heterocycles. The molecular formula is C26H26N2O5. The Morgan fingerprint density at radius 1 is 0.848 bits per heavy atom. The third-order valence-corrected chi connectivity index (χ3v) is 4.69. The van der Waals surface area contributed by atoms with Gasteiger partial charge in [0.2, 0.25) is 0 Å². The second-order valence-corrected chi connectivity index (χ2v) is 6.98. The molecule has 3 aromatic carbocycles. The van der Waals surface area contributed by atoms with Gasteiger partial charge in [-0.15, -0.1) is 0 Å². The number of methoxy groups -OCH3 is 2. The van der Waals surface area contributed by atoms with Crippen molar-refractivity contribution in [3.8, 4) is 17.2 Å². The molecule has 3 aromatic rings. The minimum absolute atomic E-state index is 0.185. The van der Waals surface area contributed by atoms with Gasteiger partial charge in [0.05, 0.1) is 19.9 Å². The number of benzene rings is 3. The van der Waals surface area contributed by atoms with Gasteiger partial charge in [-0.2, -0.15) is 0 Å². The zero-order valence-corrected chi connectivity index (χ0v) is 18.8. The lowest BCUT2D eigenvalue weighted by atomic mass is 10.2. The number of allylic oxidation sites excluding steroid dienone is 1. The maximum Gasteiger partial charge on any atom is 0.262 e. The third-order valence-electron chi connectivity index (χ3n) is 4.69. The average Bonchev–Trinajstić information content (AvgIpc) is 2.84. The summed E-state index contributed by atoms with van der Waals surface area (Å²) in [4.78, 5) is 24.8. The Morgan fingerprint density at radius 2 is 1.58 bits per heavy atom. The number of carbonyl (C=O) groups is 2. The Labute approximate surface area is 193 Å². The molecule has 3 rings (SSSR count). The van der Waals surface area contributed by atoms with Crippen molar-refractivity contribution >= 4 is 29.3 Å². The monoisotopic (exact) mass is 446 g/mol. The minimum atomic E-state index is -0.333. The van der Waals surface area contributed by atoms with E-state index < -0.39 is 0 Å². The van der Waals surface area contributed by atoms with Crippen LogP contribution in [-0.2, 0) is 4.79 Å². The molecule has 0 aliphatic carbocycles. The minimum Gasteiger partial charge on any atom is -0.495 e. The molecule has 7 nitrogen and oxygen atoms in total. The van der Waals surface area contributed by atoms with Crippen LogP contribution in [0, 0.1) is 0 Å². The molecule has 0 saturated heterocycles. The molecule has 7 heteroatoms. The van der Waals surface area contributed by atoms with Gasteiger partial charge in [-0.3, -0.25) is 9.59 Å². The van der Waals surface area contributed by atoms with Crippen LogP contribution in [0.1, 0.15) is 22.8 Å². The summed E-state index contributed by atoms with van der Waals surface area (Å²) < 4.78 is 16.2. The first-order valence-corrected chi connectivity index (χ1v) is 10.3. The Bertz CT molecular complexity index is 1140. The van der Waals surface area contributed by atoms with Crippen molar-refractivity contribution in [2.75, 3.05) is 31.5 Å². The van der Waals surface area contributed by atoms with Crippen molar-refractivity contribution in [3.05, 3.63) is 83.9 Å². The molecule has 0 atom stereocenters. The van der Waals surface area contributed by atoms with Crippen molar-refractivity contribution in [1.29, 1.82) is 0 Å². The number of anilines is 2. The van der Waals surface area contributed by atoms with E-state index in [9.17, 15) is 9.59 Å². The zero-order valence-electron chi connectivity index (χ0n) is 18.8. The van der Waals surface area contributed by atoms with E-state index in [0.717, 1.165) is 5.56 Å². The topological polar surface area (TPSA) is 85.9 Å². The average molecular weight is 447 g/mol. The first-order valence-electron chi connectivity index (χ1n) is 10.3. The van der Waals surface area contributed by atoms with E-state index in [0.29, 0.717) is 34.2 Å². The normalized spacial score (nSPS) is 10.5. The fourth-order valence-electron chi connectivity index (χ4n) is 3.09. The maximum absolute atomic E-state index is 12.5. The standard InChI is InChI=1S/C26H26N2O5/c1-4-7-18-10-15-23(24(16-18)32-3)33-17-25(29)27-20-13-11-19(12-14-20)26(30)28-21-8-5-6-9-22(21)31-2/h4-16H,17H2,1-3H3,(H,27,29)(H,28,30). The molecule has 33 heavy (non-hydrogen) atoms. The van der Waals surface area contributed by atoms with Gasteiger partial charge in [0.1, 0.15) is 5.75 Å². The Kier molecular flexibility index (Phi) is 8.07. The lowest BCUT2D eigenvalue weighted by Crippen LogP contribution is -2.20. The Balaban J connectivity index is 1.56. The summed E-state index contributed by atoms with van der Waals surface area (Å²) in [5, 5.41) is 5.56. The summed E-state index contributed by atoms with van der Waals surface area (Å²) in [6, 6.07) is 19.2. The molecule has 0 bridgehead atoms. The summed E-state index contributed by atoms with van der Waals surface area (Å²) in [7, 11) is 3.09. The smallest absolute Gasteiger partial charge is 0.262 e. The van der Waals surface area contributed by atoms with Crippen LogP contribution in [0.15, 0.2) is 72.8 Å². The highest BCUT2D eigenvalue weighted by Gasteiger charge is 2.11. The van der Waals surface area contributed by atoms with Gasteiger partial charge in [0.15, 0.2) is 18.1 Å². The summed E-state index contributed by atoms with van der Waals surface area (Å²) >= 11 is 0. The van der Waals surface area contributed by atoms with Gasteiger partial charge in [-0.25, -0.2) is 0 Å². The van der Waals surface area contributed by atoms with E-state index in [1.165, 1.54) is 0 Å². The first kappa shape index (κ1) is 23.4. The van der Waals surface area contributed by atoms with E-state index in [4.69, 9.17) is 14.2 Å². The fourth-order valence-corrected chi connectivity index (χ4v) is 3.09. The summed E-state index contributed by atoms with van der Waals surface area (Å²) in [6.45, 7) is 1.75. The molecule has 0 aliphatic rings. The molecule has 0 fully saturated rings. The molecule has 0 unspecified atom stereocenters. The Morgan fingerprint density at radius 3 is 2.27 bits per heavy atom. The number of carbonyl (C=O) groups excluding carboxylic acids is 2. The molecule has 2 N–H and O–H groups in total. The number of para-hydroxylation sites is 2. The molecule has 0 saturated carbocycles. The number of hydrogen-bond donors (Lipinski definition) is 2. The highest BCUT2D eigenvalue weighted by Crippen LogP contribution is 2.28. The van der Waals surface area contributed by atoms with Gasteiger partial charge in [-0.05, 0) is 61.0 Å². The van der Waals surface area contributed by atoms with Crippen molar-refractivity contribution < 1.29 is 23.8 Å². The zero-order chi connectivity index (χ0) is 23.6. The van der Waals surface area contributed by atoms with Crippen molar-refractivity contribution in [3.63, 3.8) is 0 Å². The van der Waals surface area contributed by atoms with Crippen LogP contribution in [-0.4, -0.2) is 32.6 Å². The van der Waals surface area contributed by atoms with Crippen molar-refractivity contribution in [2.24, 2.45) is 0 Å². The van der Waals surface area contributed by atoms with Crippen LogP contribution in [0.3, 0.4) is 0 Å². The predicted octanol–water partition coefficient (Wildman–Crippen LogP) is 5.01. The van der Waals surface area contributed by atoms with E-state index in [1.807, 2.05) is 43.3 Å². The molecular weight excluding hydrogens is 420 g/mol. The van der Waals surface area contributed by atoms with E-state index in [1.54, 1.807) is 56.7 Å². The summed E-state index contributed by atoms with van der Waals surface area (Å²) in [6.07, 6.45) is 3.87. The molecule has 0 spiro atoms. The summed E-state index contributed by atoms with van der Waals surface area (Å²) in [5.41, 5.74) is 2.55. The largest absolute Gasteiger partial charge is 0.495 e.